The topological polar surface area (TPSA) is 70.5 Å². The number of carbonyl (C=O) groups is 2. The molecule has 200 valence electrons. The lowest BCUT2D eigenvalue weighted by Gasteiger charge is -2.41. The first kappa shape index (κ1) is 25.9. The van der Waals surface area contributed by atoms with Crippen LogP contribution in [0.4, 0.5) is 4.39 Å². The molecule has 2 amide bonds. The standard InChI is InChI=1S/C29H40FN5O2/c1-18(2)29(37)33-12-10-27-28(17-33)35(19(3)31-27)25-15-23-8-9-24(16-25)34(23)13-11-26(32-20(4)36)21-6-5-7-22(30)14-21/h5-7,14,18,23-26H,8-13,15-17H2,1-4H3,(H,32,36)/t23?,24?,25?,26-/m0/s1. The van der Waals surface area contributed by atoms with Crippen LogP contribution in [0.5, 0.6) is 0 Å². The largest absolute Gasteiger partial charge is 0.349 e. The first-order chi connectivity index (χ1) is 17.7. The fourth-order valence-corrected chi connectivity index (χ4v) is 6.94. The lowest BCUT2D eigenvalue weighted by Crippen LogP contribution is -2.45. The van der Waals surface area contributed by atoms with E-state index in [1.54, 1.807) is 6.07 Å². The van der Waals surface area contributed by atoms with E-state index in [9.17, 15) is 14.0 Å². The summed E-state index contributed by atoms with van der Waals surface area (Å²) in [5, 5.41) is 3.03. The van der Waals surface area contributed by atoms with Gasteiger partial charge in [-0.25, -0.2) is 9.37 Å². The Balaban J connectivity index is 1.29. The lowest BCUT2D eigenvalue weighted by atomic mass is 9.95. The van der Waals surface area contributed by atoms with Gasteiger partial charge in [-0.1, -0.05) is 26.0 Å². The zero-order valence-electron chi connectivity index (χ0n) is 22.5. The van der Waals surface area contributed by atoms with Crippen molar-refractivity contribution in [2.75, 3.05) is 13.1 Å². The maximum absolute atomic E-state index is 13.9. The molecule has 3 aliphatic rings. The van der Waals surface area contributed by atoms with Crippen LogP contribution in [0.3, 0.4) is 0 Å². The van der Waals surface area contributed by atoms with Gasteiger partial charge in [0.2, 0.25) is 11.8 Å². The Morgan fingerprint density at radius 1 is 1.16 bits per heavy atom. The number of amides is 2. The smallest absolute Gasteiger partial charge is 0.225 e. The maximum atomic E-state index is 13.9. The zero-order chi connectivity index (χ0) is 26.3. The monoisotopic (exact) mass is 509 g/mol. The van der Waals surface area contributed by atoms with Crippen LogP contribution in [-0.2, 0) is 22.6 Å². The molecule has 8 heteroatoms. The van der Waals surface area contributed by atoms with Gasteiger partial charge in [-0.3, -0.25) is 14.5 Å². The van der Waals surface area contributed by atoms with Crippen molar-refractivity contribution < 1.29 is 14.0 Å². The minimum absolute atomic E-state index is 0.00629. The van der Waals surface area contributed by atoms with Crippen molar-refractivity contribution in [3.63, 3.8) is 0 Å². The Morgan fingerprint density at radius 3 is 2.54 bits per heavy atom. The quantitative estimate of drug-likeness (QED) is 0.604. The number of rotatable bonds is 7. The molecule has 2 fully saturated rings. The van der Waals surface area contributed by atoms with Crippen molar-refractivity contribution in [3.8, 4) is 0 Å². The molecule has 7 nitrogen and oxygen atoms in total. The second-order valence-electron chi connectivity index (χ2n) is 11.4. The average molecular weight is 510 g/mol. The van der Waals surface area contributed by atoms with Crippen LogP contribution >= 0.6 is 0 Å². The molecule has 4 heterocycles. The van der Waals surface area contributed by atoms with E-state index in [1.807, 2.05) is 24.8 Å². The van der Waals surface area contributed by atoms with Crippen molar-refractivity contribution in [2.24, 2.45) is 5.92 Å². The highest BCUT2D eigenvalue weighted by Crippen LogP contribution is 2.43. The van der Waals surface area contributed by atoms with Gasteiger partial charge in [-0.15, -0.1) is 0 Å². The molecule has 0 aliphatic carbocycles. The molecule has 3 atom stereocenters. The van der Waals surface area contributed by atoms with E-state index >= 15 is 0 Å². The van der Waals surface area contributed by atoms with Crippen LogP contribution in [0, 0.1) is 18.7 Å². The van der Waals surface area contributed by atoms with Crippen LogP contribution in [0.1, 0.15) is 87.7 Å². The number of nitrogens with zero attached hydrogens (tertiary/aromatic N) is 4. The predicted octanol–water partition coefficient (Wildman–Crippen LogP) is 4.31. The Morgan fingerprint density at radius 2 is 1.89 bits per heavy atom. The van der Waals surface area contributed by atoms with Gasteiger partial charge in [0.05, 0.1) is 24.0 Å². The molecule has 2 saturated heterocycles. The summed E-state index contributed by atoms with van der Waals surface area (Å²) in [4.78, 5) is 34.1. The number of nitrogens with one attached hydrogen (secondary N) is 1. The third-order valence-corrected chi connectivity index (χ3v) is 8.56. The van der Waals surface area contributed by atoms with E-state index < -0.39 is 0 Å². The molecular formula is C29H40FN5O2. The molecule has 0 saturated carbocycles. The highest BCUT2D eigenvalue weighted by Gasteiger charge is 2.42. The minimum atomic E-state index is -0.276. The van der Waals surface area contributed by atoms with Gasteiger partial charge in [-0.05, 0) is 56.7 Å². The molecule has 5 rings (SSSR count). The summed E-state index contributed by atoms with van der Waals surface area (Å²) in [7, 11) is 0. The molecule has 2 aromatic rings. The Labute approximate surface area is 219 Å². The normalized spacial score (nSPS) is 24.3. The fraction of sp³-hybridized carbons (Fsp3) is 0.621. The van der Waals surface area contributed by atoms with E-state index in [0.29, 0.717) is 24.7 Å². The molecule has 0 spiro atoms. The van der Waals surface area contributed by atoms with E-state index in [0.717, 1.165) is 55.9 Å². The van der Waals surface area contributed by atoms with Gasteiger partial charge in [0.1, 0.15) is 11.6 Å². The Bertz CT molecular complexity index is 1150. The molecule has 1 N–H and O–H groups in total. The minimum Gasteiger partial charge on any atom is -0.349 e. The van der Waals surface area contributed by atoms with Gasteiger partial charge in [0, 0.05) is 50.5 Å². The van der Waals surface area contributed by atoms with Gasteiger partial charge in [-0.2, -0.15) is 0 Å². The average Bonchev–Trinajstić information content (AvgIpc) is 3.30. The van der Waals surface area contributed by atoms with Gasteiger partial charge in [0.15, 0.2) is 0 Å². The van der Waals surface area contributed by atoms with Crippen molar-refractivity contribution >= 4 is 11.8 Å². The third kappa shape index (κ3) is 5.31. The van der Waals surface area contributed by atoms with Crippen molar-refractivity contribution in [1.82, 2.24) is 24.7 Å². The maximum Gasteiger partial charge on any atom is 0.225 e. The summed E-state index contributed by atoms with van der Waals surface area (Å²) in [5.74, 6) is 0.922. The number of piperidine rings is 1. The number of hydrogen-bond acceptors (Lipinski definition) is 4. The first-order valence-electron chi connectivity index (χ1n) is 13.8. The number of carbonyl (C=O) groups excluding carboxylic acids is 2. The highest BCUT2D eigenvalue weighted by molar-refractivity contribution is 5.78. The fourth-order valence-electron chi connectivity index (χ4n) is 6.94. The van der Waals surface area contributed by atoms with Crippen LogP contribution in [0.25, 0.3) is 0 Å². The second-order valence-corrected chi connectivity index (χ2v) is 11.4. The van der Waals surface area contributed by atoms with Crippen LogP contribution < -0.4 is 5.32 Å². The Kier molecular flexibility index (Phi) is 7.39. The van der Waals surface area contributed by atoms with Crippen molar-refractivity contribution in [1.29, 1.82) is 0 Å². The number of halogens is 1. The summed E-state index contributed by atoms with van der Waals surface area (Å²) in [5.41, 5.74) is 3.21. The summed E-state index contributed by atoms with van der Waals surface area (Å²) in [6.45, 7) is 9.86. The van der Waals surface area contributed by atoms with Gasteiger partial charge < -0.3 is 14.8 Å². The first-order valence-corrected chi connectivity index (χ1v) is 13.8. The SMILES string of the molecule is CC(=O)N[C@@H](CCN1C2CCC1CC(n1c(C)nc3c1CN(C(=O)C(C)C)CC3)C2)c1cccc(F)c1. The second kappa shape index (κ2) is 10.6. The molecule has 2 unspecified atom stereocenters. The van der Waals surface area contributed by atoms with Crippen LogP contribution in [-0.4, -0.2) is 56.3 Å². The molecule has 2 bridgehead atoms. The van der Waals surface area contributed by atoms with E-state index in [4.69, 9.17) is 4.98 Å². The van der Waals surface area contributed by atoms with Gasteiger partial charge >= 0.3 is 0 Å². The highest BCUT2D eigenvalue weighted by atomic mass is 19.1. The molecule has 3 aliphatic heterocycles. The molecular weight excluding hydrogens is 469 g/mol. The third-order valence-electron chi connectivity index (χ3n) is 8.56. The summed E-state index contributed by atoms with van der Waals surface area (Å²) >= 11 is 0. The predicted molar refractivity (Wildman–Crippen MR) is 140 cm³/mol. The summed E-state index contributed by atoms with van der Waals surface area (Å²) in [6.07, 6.45) is 6.09. The number of benzene rings is 1. The Hall–Kier alpha value is -2.74. The number of aromatic nitrogens is 2. The molecule has 1 aromatic carbocycles. The van der Waals surface area contributed by atoms with E-state index in [2.05, 4.69) is 21.7 Å². The zero-order valence-corrected chi connectivity index (χ0v) is 22.5. The number of imidazole rings is 1. The van der Waals surface area contributed by atoms with E-state index in [1.165, 1.54) is 37.6 Å². The van der Waals surface area contributed by atoms with Crippen LogP contribution in [0.15, 0.2) is 24.3 Å². The molecule has 1 aromatic heterocycles. The van der Waals surface area contributed by atoms with Crippen molar-refractivity contribution in [2.45, 2.75) is 96.9 Å². The molecule has 37 heavy (non-hydrogen) atoms. The van der Waals surface area contributed by atoms with Crippen molar-refractivity contribution in [3.05, 3.63) is 52.9 Å². The number of fused-ring (bicyclic) bond motifs is 3. The summed E-state index contributed by atoms with van der Waals surface area (Å²) < 4.78 is 16.3. The molecule has 0 radical (unpaired) electrons. The van der Waals surface area contributed by atoms with E-state index in [-0.39, 0.29) is 29.6 Å². The number of aryl methyl sites for hydroxylation is 1. The lowest BCUT2D eigenvalue weighted by molar-refractivity contribution is -0.135. The van der Waals surface area contributed by atoms with Crippen LogP contribution in [0.2, 0.25) is 0 Å². The number of hydrogen-bond donors (Lipinski definition) is 1. The summed E-state index contributed by atoms with van der Waals surface area (Å²) in [6, 6.07) is 7.74. The van der Waals surface area contributed by atoms with Gasteiger partial charge in [0.25, 0.3) is 0 Å².